The Morgan fingerprint density at radius 2 is 1.68 bits per heavy atom. The van der Waals surface area contributed by atoms with Crippen molar-refractivity contribution in [1.82, 2.24) is 0 Å². The number of hydrogen-bond acceptors (Lipinski definition) is 3. The number of aryl methyl sites for hydroxylation is 1. The van der Waals surface area contributed by atoms with Crippen LogP contribution in [0.3, 0.4) is 0 Å². The van der Waals surface area contributed by atoms with Crippen molar-refractivity contribution in [2.75, 3.05) is 12.4 Å². The highest BCUT2D eigenvalue weighted by molar-refractivity contribution is 5.95. The molecule has 1 amide bonds. The van der Waals surface area contributed by atoms with E-state index in [1.807, 2.05) is 31.2 Å². The normalized spacial score (nSPS) is 12.9. The van der Waals surface area contributed by atoms with Gasteiger partial charge in [-0.2, -0.15) is 0 Å². The van der Waals surface area contributed by atoms with E-state index in [4.69, 9.17) is 4.74 Å². The van der Waals surface area contributed by atoms with Gasteiger partial charge >= 0.3 is 5.97 Å². The highest BCUT2D eigenvalue weighted by atomic mass is 16.5. The van der Waals surface area contributed by atoms with Crippen molar-refractivity contribution in [3.8, 4) is 5.75 Å². The number of carbonyl (C=O) groups excluding carboxylic acids is 1. The average molecular weight is 341 g/mol. The number of methoxy groups -OCH3 is 1. The summed E-state index contributed by atoms with van der Waals surface area (Å²) in [4.78, 5) is 24.1. The standard InChI is InChI=1S/C20H23NO4/c1-13-4-6-15(7-5-13)12-18(14(2)20(23)24)19(22)21-16-8-10-17(25-3)11-9-16/h4-11,14,18H,12H2,1-3H3,(H,21,22)(H,23,24)/t14-,18-/m0/s1. The van der Waals surface area contributed by atoms with Crippen molar-refractivity contribution in [1.29, 1.82) is 0 Å². The number of rotatable bonds is 7. The van der Waals surface area contributed by atoms with E-state index in [-0.39, 0.29) is 5.91 Å². The number of carboxylic acids is 1. The fraction of sp³-hybridized carbons (Fsp3) is 0.300. The van der Waals surface area contributed by atoms with Gasteiger partial charge in [0, 0.05) is 5.69 Å². The lowest BCUT2D eigenvalue weighted by atomic mass is 9.87. The minimum Gasteiger partial charge on any atom is -0.497 e. The summed E-state index contributed by atoms with van der Waals surface area (Å²) in [7, 11) is 1.57. The van der Waals surface area contributed by atoms with E-state index in [0.29, 0.717) is 17.9 Å². The summed E-state index contributed by atoms with van der Waals surface area (Å²) < 4.78 is 5.09. The molecule has 0 aliphatic heterocycles. The van der Waals surface area contributed by atoms with Crippen LogP contribution in [0.5, 0.6) is 5.75 Å². The van der Waals surface area contributed by atoms with Gasteiger partial charge < -0.3 is 15.2 Å². The summed E-state index contributed by atoms with van der Waals surface area (Å²) in [5, 5.41) is 12.2. The number of benzene rings is 2. The molecule has 0 unspecified atom stereocenters. The van der Waals surface area contributed by atoms with E-state index < -0.39 is 17.8 Å². The third kappa shape index (κ3) is 5.08. The predicted molar refractivity (Wildman–Crippen MR) is 96.8 cm³/mol. The number of aliphatic carboxylic acids is 1. The lowest BCUT2D eigenvalue weighted by Gasteiger charge is -2.21. The van der Waals surface area contributed by atoms with Crippen molar-refractivity contribution in [3.63, 3.8) is 0 Å². The smallest absolute Gasteiger partial charge is 0.307 e. The Bertz CT molecular complexity index is 722. The zero-order valence-electron chi connectivity index (χ0n) is 14.7. The summed E-state index contributed by atoms with van der Waals surface area (Å²) in [5.74, 6) is -2.06. The monoisotopic (exact) mass is 341 g/mol. The van der Waals surface area contributed by atoms with Gasteiger partial charge in [-0.15, -0.1) is 0 Å². The topological polar surface area (TPSA) is 75.6 Å². The van der Waals surface area contributed by atoms with Crippen LogP contribution in [0.25, 0.3) is 0 Å². The first-order valence-electron chi connectivity index (χ1n) is 8.14. The lowest BCUT2D eigenvalue weighted by molar-refractivity contribution is -0.145. The van der Waals surface area contributed by atoms with Crippen molar-refractivity contribution < 1.29 is 19.4 Å². The molecule has 25 heavy (non-hydrogen) atoms. The highest BCUT2D eigenvalue weighted by Gasteiger charge is 2.30. The number of carbonyl (C=O) groups is 2. The Balaban J connectivity index is 2.16. The van der Waals surface area contributed by atoms with E-state index in [1.54, 1.807) is 38.3 Å². The maximum atomic E-state index is 12.7. The third-order valence-electron chi connectivity index (χ3n) is 4.26. The Morgan fingerprint density at radius 1 is 1.08 bits per heavy atom. The molecule has 5 heteroatoms. The first kappa shape index (κ1) is 18.5. The molecule has 0 aliphatic rings. The van der Waals surface area contributed by atoms with Crippen molar-refractivity contribution in [3.05, 3.63) is 59.7 Å². The predicted octanol–water partition coefficient (Wildman–Crippen LogP) is 3.52. The van der Waals surface area contributed by atoms with E-state index in [0.717, 1.165) is 11.1 Å². The minimum atomic E-state index is -0.984. The Morgan fingerprint density at radius 3 is 2.20 bits per heavy atom. The van der Waals surface area contributed by atoms with Gasteiger partial charge in [0.15, 0.2) is 0 Å². The van der Waals surface area contributed by atoms with Gasteiger partial charge in [0.05, 0.1) is 18.9 Å². The van der Waals surface area contributed by atoms with Crippen molar-refractivity contribution in [2.24, 2.45) is 11.8 Å². The molecule has 5 nitrogen and oxygen atoms in total. The molecule has 0 fully saturated rings. The SMILES string of the molecule is COc1ccc(NC(=O)[C@@H](Cc2ccc(C)cc2)[C@H](C)C(=O)O)cc1. The van der Waals surface area contributed by atoms with E-state index in [9.17, 15) is 14.7 Å². The van der Waals surface area contributed by atoms with Crippen LogP contribution in [0, 0.1) is 18.8 Å². The summed E-state index contributed by atoms with van der Waals surface area (Å²) in [6.07, 6.45) is 0.371. The molecule has 0 saturated heterocycles. The maximum absolute atomic E-state index is 12.7. The number of ether oxygens (including phenoxy) is 1. The van der Waals surface area contributed by atoms with Crippen LogP contribution in [0.1, 0.15) is 18.1 Å². The zero-order valence-corrected chi connectivity index (χ0v) is 14.7. The molecule has 2 aromatic carbocycles. The third-order valence-corrected chi connectivity index (χ3v) is 4.26. The molecular weight excluding hydrogens is 318 g/mol. The fourth-order valence-electron chi connectivity index (χ4n) is 2.56. The Kier molecular flexibility index (Phi) is 6.17. The molecule has 2 aromatic rings. The second-order valence-corrected chi connectivity index (χ2v) is 6.14. The molecule has 0 heterocycles. The van der Waals surface area contributed by atoms with Gasteiger partial charge in [0.2, 0.25) is 5.91 Å². The number of nitrogens with one attached hydrogen (secondary N) is 1. The molecule has 0 saturated carbocycles. The lowest BCUT2D eigenvalue weighted by Crippen LogP contribution is -2.33. The molecule has 0 radical (unpaired) electrons. The van der Waals surface area contributed by atoms with Gasteiger partial charge in [0.25, 0.3) is 0 Å². The fourth-order valence-corrected chi connectivity index (χ4v) is 2.56. The van der Waals surface area contributed by atoms with Gasteiger partial charge in [0.1, 0.15) is 5.75 Å². The summed E-state index contributed by atoms with van der Waals surface area (Å²) in [6.45, 7) is 3.55. The Hall–Kier alpha value is -2.82. The first-order chi connectivity index (χ1) is 11.9. The number of carboxylic acid groups (broad SMARTS) is 1. The quantitative estimate of drug-likeness (QED) is 0.808. The van der Waals surface area contributed by atoms with Gasteiger partial charge in [-0.1, -0.05) is 36.8 Å². The van der Waals surface area contributed by atoms with E-state index >= 15 is 0 Å². The van der Waals surface area contributed by atoms with Crippen LogP contribution in [0.15, 0.2) is 48.5 Å². The molecule has 132 valence electrons. The van der Waals surface area contributed by atoms with E-state index in [2.05, 4.69) is 5.32 Å². The molecule has 2 N–H and O–H groups in total. The Labute approximate surface area is 147 Å². The second kappa shape index (κ2) is 8.33. The van der Waals surface area contributed by atoms with Crippen LogP contribution in [-0.4, -0.2) is 24.1 Å². The number of hydrogen-bond donors (Lipinski definition) is 2. The van der Waals surface area contributed by atoms with Crippen LogP contribution < -0.4 is 10.1 Å². The largest absolute Gasteiger partial charge is 0.497 e. The summed E-state index contributed by atoms with van der Waals surface area (Å²) >= 11 is 0. The average Bonchev–Trinajstić information content (AvgIpc) is 2.61. The van der Waals surface area contributed by atoms with Crippen LogP contribution in [0.4, 0.5) is 5.69 Å². The van der Waals surface area contributed by atoms with Gasteiger partial charge in [-0.25, -0.2) is 0 Å². The van der Waals surface area contributed by atoms with Crippen molar-refractivity contribution >= 4 is 17.6 Å². The molecule has 0 aliphatic carbocycles. The highest BCUT2D eigenvalue weighted by Crippen LogP contribution is 2.22. The summed E-state index contributed by atoms with van der Waals surface area (Å²) in [6, 6.07) is 14.7. The molecule has 0 aromatic heterocycles. The zero-order chi connectivity index (χ0) is 18.4. The molecular formula is C20H23NO4. The maximum Gasteiger partial charge on any atom is 0.307 e. The van der Waals surface area contributed by atoms with Crippen LogP contribution >= 0.6 is 0 Å². The first-order valence-corrected chi connectivity index (χ1v) is 8.14. The van der Waals surface area contributed by atoms with Gasteiger partial charge in [-0.3, -0.25) is 9.59 Å². The van der Waals surface area contributed by atoms with Gasteiger partial charge in [-0.05, 0) is 43.2 Å². The molecule has 0 spiro atoms. The van der Waals surface area contributed by atoms with Crippen LogP contribution in [-0.2, 0) is 16.0 Å². The minimum absolute atomic E-state index is 0.305. The molecule has 0 bridgehead atoms. The summed E-state index contributed by atoms with van der Waals surface area (Å²) in [5.41, 5.74) is 2.67. The van der Waals surface area contributed by atoms with Crippen molar-refractivity contribution in [2.45, 2.75) is 20.3 Å². The molecule has 2 atom stereocenters. The van der Waals surface area contributed by atoms with Crippen LogP contribution in [0.2, 0.25) is 0 Å². The molecule has 2 rings (SSSR count). The van der Waals surface area contributed by atoms with E-state index in [1.165, 1.54) is 0 Å². The second-order valence-electron chi connectivity index (χ2n) is 6.14. The number of amides is 1. The number of anilines is 1.